The number of imide groups is 1. The molecule has 2 aromatic carbocycles. The van der Waals surface area contributed by atoms with Crippen molar-refractivity contribution >= 4 is 17.9 Å². The number of nitrogens with zero attached hydrogens (tertiary/aromatic N) is 2. The van der Waals surface area contributed by atoms with Gasteiger partial charge in [0, 0.05) is 50.5 Å². The lowest BCUT2D eigenvalue weighted by Gasteiger charge is -2.33. The van der Waals surface area contributed by atoms with Crippen LogP contribution in [0.15, 0.2) is 42.5 Å². The molecule has 8 nitrogen and oxygen atoms in total. The van der Waals surface area contributed by atoms with E-state index in [1.807, 2.05) is 39.0 Å². The maximum absolute atomic E-state index is 12.5. The number of carbonyl (C=O) groups excluding carboxylic acids is 3. The molecule has 2 aliphatic heterocycles. The van der Waals surface area contributed by atoms with Gasteiger partial charge in [0.15, 0.2) is 0 Å². The first-order valence-corrected chi connectivity index (χ1v) is 12.9. The topological polar surface area (TPSA) is 85.4 Å². The number of rotatable bonds is 6. The van der Waals surface area contributed by atoms with Crippen molar-refractivity contribution in [3.63, 3.8) is 0 Å². The summed E-state index contributed by atoms with van der Waals surface area (Å²) in [5.41, 5.74) is 1.16. The third-order valence-electron chi connectivity index (χ3n) is 6.31. The summed E-state index contributed by atoms with van der Waals surface area (Å²) in [5.74, 6) is 7.08. The van der Waals surface area contributed by atoms with Crippen molar-refractivity contribution in [1.82, 2.24) is 9.80 Å². The zero-order valence-electron chi connectivity index (χ0n) is 22.4. The van der Waals surface area contributed by atoms with Gasteiger partial charge >= 0.3 is 6.09 Å². The fourth-order valence-corrected chi connectivity index (χ4v) is 4.44. The summed E-state index contributed by atoms with van der Waals surface area (Å²) < 4.78 is 17.1. The summed E-state index contributed by atoms with van der Waals surface area (Å²) in [6.07, 6.45) is 2.20. The zero-order valence-corrected chi connectivity index (χ0v) is 22.4. The average Bonchev–Trinajstić information content (AvgIpc) is 3.12. The van der Waals surface area contributed by atoms with Crippen LogP contribution in [0, 0.1) is 11.8 Å². The Labute approximate surface area is 223 Å². The second-order valence-electron chi connectivity index (χ2n) is 10.4. The number of hydrogen-bond donors (Lipinski definition) is 0. The maximum Gasteiger partial charge on any atom is 0.410 e. The molecule has 8 heteroatoms. The van der Waals surface area contributed by atoms with Crippen molar-refractivity contribution in [3.8, 4) is 23.3 Å². The lowest BCUT2D eigenvalue weighted by molar-refractivity contribution is 0.0126. The van der Waals surface area contributed by atoms with E-state index in [0.717, 1.165) is 5.56 Å². The van der Waals surface area contributed by atoms with Crippen LogP contribution in [-0.2, 0) is 4.74 Å². The zero-order chi connectivity index (χ0) is 27.3. The van der Waals surface area contributed by atoms with E-state index in [-0.39, 0.29) is 24.0 Å². The number of fused-ring (bicyclic) bond motifs is 1. The van der Waals surface area contributed by atoms with Gasteiger partial charge in [-0.3, -0.25) is 14.5 Å². The number of piperidine rings is 1. The Morgan fingerprint density at radius 1 is 1.00 bits per heavy atom. The molecule has 2 heterocycles. The first kappa shape index (κ1) is 27.1. The highest BCUT2D eigenvalue weighted by Gasteiger charge is 2.34. The van der Waals surface area contributed by atoms with E-state index < -0.39 is 5.60 Å². The molecule has 0 N–H and O–H groups in total. The molecule has 0 bridgehead atoms. The molecular weight excluding hydrogens is 484 g/mol. The number of unbranched alkanes of at least 4 members (excludes halogenated alkanes) is 1. The van der Waals surface area contributed by atoms with Crippen molar-refractivity contribution in [2.24, 2.45) is 0 Å². The number of methoxy groups -OCH3 is 1. The fraction of sp³-hybridized carbons (Fsp3) is 0.433. The van der Waals surface area contributed by atoms with E-state index >= 15 is 0 Å². The Morgan fingerprint density at radius 2 is 1.63 bits per heavy atom. The predicted molar refractivity (Wildman–Crippen MR) is 142 cm³/mol. The van der Waals surface area contributed by atoms with Gasteiger partial charge in [-0.25, -0.2) is 4.79 Å². The minimum absolute atomic E-state index is 0.0266. The van der Waals surface area contributed by atoms with Gasteiger partial charge in [-0.1, -0.05) is 24.0 Å². The van der Waals surface area contributed by atoms with Crippen molar-refractivity contribution in [2.75, 3.05) is 26.7 Å². The summed E-state index contributed by atoms with van der Waals surface area (Å²) in [6, 6.07) is 12.4. The van der Waals surface area contributed by atoms with Gasteiger partial charge in [-0.2, -0.15) is 0 Å². The summed E-state index contributed by atoms with van der Waals surface area (Å²) in [6.45, 7) is 7.05. The number of likely N-dealkylation sites (tertiary alicyclic amines) is 1. The van der Waals surface area contributed by atoms with Crippen LogP contribution in [0.25, 0.3) is 0 Å². The van der Waals surface area contributed by atoms with Gasteiger partial charge in [-0.15, -0.1) is 0 Å². The van der Waals surface area contributed by atoms with E-state index in [4.69, 9.17) is 14.2 Å². The molecule has 3 amide bonds. The second kappa shape index (κ2) is 11.6. The highest BCUT2D eigenvalue weighted by molar-refractivity contribution is 6.21. The molecule has 0 aliphatic carbocycles. The van der Waals surface area contributed by atoms with E-state index in [9.17, 15) is 14.4 Å². The van der Waals surface area contributed by atoms with E-state index in [2.05, 4.69) is 11.8 Å². The molecule has 1 fully saturated rings. The number of amides is 3. The molecule has 0 atom stereocenters. The molecule has 0 radical (unpaired) electrons. The Morgan fingerprint density at radius 3 is 2.24 bits per heavy atom. The smallest absolute Gasteiger partial charge is 0.410 e. The van der Waals surface area contributed by atoms with Crippen LogP contribution in [0.5, 0.6) is 11.5 Å². The Hall–Kier alpha value is -3.99. The fourth-order valence-electron chi connectivity index (χ4n) is 4.44. The molecule has 38 heavy (non-hydrogen) atoms. The van der Waals surface area contributed by atoms with Gasteiger partial charge < -0.3 is 19.1 Å². The maximum atomic E-state index is 12.5. The van der Waals surface area contributed by atoms with Gasteiger partial charge in [0.05, 0.1) is 18.2 Å². The number of carbonyl (C=O) groups is 3. The molecule has 4 rings (SSSR count). The van der Waals surface area contributed by atoms with Crippen molar-refractivity contribution < 1.29 is 28.6 Å². The standard InChI is InChI=1S/C30H34N2O6/c1-30(2,3)38-29(35)31-16-13-22(14-17-31)37-24-19-21(18-23(20-24)36-4)10-6-5-9-15-32-27(33)25-11-7-8-12-26(25)28(32)34/h7-8,11-12,18-20,22H,5,9,13-17H2,1-4H3. The van der Waals surface area contributed by atoms with Crippen LogP contribution < -0.4 is 9.47 Å². The third kappa shape index (κ3) is 6.65. The van der Waals surface area contributed by atoms with Crippen molar-refractivity contribution in [1.29, 1.82) is 0 Å². The molecule has 200 valence electrons. The minimum atomic E-state index is -0.517. The minimum Gasteiger partial charge on any atom is -0.497 e. The van der Waals surface area contributed by atoms with Gasteiger partial charge in [-0.05, 0) is 51.5 Å². The second-order valence-corrected chi connectivity index (χ2v) is 10.4. The summed E-state index contributed by atoms with van der Waals surface area (Å²) in [5, 5.41) is 0. The Bertz CT molecular complexity index is 1230. The summed E-state index contributed by atoms with van der Waals surface area (Å²) in [4.78, 5) is 40.3. The molecule has 0 saturated carbocycles. The first-order valence-electron chi connectivity index (χ1n) is 12.9. The predicted octanol–water partition coefficient (Wildman–Crippen LogP) is 4.90. The molecule has 0 unspecified atom stereocenters. The van der Waals surface area contributed by atoms with Crippen LogP contribution >= 0.6 is 0 Å². The van der Waals surface area contributed by atoms with Crippen LogP contribution in [0.1, 0.15) is 72.7 Å². The summed E-state index contributed by atoms with van der Waals surface area (Å²) >= 11 is 0. The highest BCUT2D eigenvalue weighted by Crippen LogP contribution is 2.26. The van der Waals surface area contributed by atoms with Crippen LogP contribution in [-0.4, -0.2) is 66.2 Å². The number of ether oxygens (including phenoxy) is 3. The van der Waals surface area contributed by atoms with E-state index in [1.165, 1.54) is 4.90 Å². The molecule has 2 aliphatic rings. The van der Waals surface area contributed by atoms with E-state index in [0.29, 0.717) is 67.9 Å². The van der Waals surface area contributed by atoms with Crippen molar-refractivity contribution in [3.05, 3.63) is 59.2 Å². The molecule has 0 aromatic heterocycles. The molecular formula is C30H34N2O6. The lowest BCUT2D eigenvalue weighted by atomic mass is 10.1. The third-order valence-corrected chi connectivity index (χ3v) is 6.31. The van der Waals surface area contributed by atoms with Gasteiger partial charge in [0.2, 0.25) is 0 Å². The molecule has 2 aromatic rings. The Balaban J connectivity index is 1.29. The quantitative estimate of drug-likeness (QED) is 0.307. The summed E-state index contributed by atoms with van der Waals surface area (Å²) in [7, 11) is 1.59. The Kier molecular flexibility index (Phi) is 8.26. The normalized spacial score (nSPS) is 15.6. The highest BCUT2D eigenvalue weighted by atomic mass is 16.6. The van der Waals surface area contributed by atoms with Crippen LogP contribution in [0.3, 0.4) is 0 Å². The monoisotopic (exact) mass is 518 g/mol. The molecule has 0 spiro atoms. The average molecular weight is 519 g/mol. The molecule has 1 saturated heterocycles. The SMILES string of the molecule is COc1cc(C#CCCCN2C(=O)c3ccccc3C2=O)cc(OC2CCN(C(=O)OC(C)(C)C)CC2)c1. The largest absolute Gasteiger partial charge is 0.497 e. The number of benzene rings is 2. The van der Waals surface area contributed by atoms with Crippen LogP contribution in [0.4, 0.5) is 4.79 Å². The van der Waals surface area contributed by atoms with Gasteiger partial charge in [0.25, 0.3) is 11.8 Å². The van der Waals surface area contributed by atoms with Crippen LogP contribution in [0.2, 0.25) is 0 Å². The lowest BCUT2D eigenvalue weighted by Crippen LogP contribution is -2.44. The van der Waals surface area contributed by atoms with Crippen molar-refractivity contribution in [2.45, 2.75) is 58.2 Å². The number of hydrogen-bond acceptors (Lipinski definition) is 6. The first-order chi connectivity index (χ1) is 18.1. The van der Waals surface area contributed by atoms with Gasteiger partial charge in [0.1, 0.15) is 23.2 Å². The van der Waals surface area contributed by atoms with E-state index in [1.54, 1.807) is 36.3 Å².